The van der Waals surface area contributed by atoms with Gasteiger partial charge < -0.3 is 5.32 Å². The minimum atomic E-state index is 0.584. The van der Waals surface area contributed by atoms with E-state index in [0.29, 0.717) is 18.0 Å². The molecular weight excluding hydrogens is 250 g/mol. The maximum absolute atomic E-state index is 4.46. The first-order valence-electron chi connectivity index (χ1n) is 7.99. The van der Waals surface area contributed by atoms with Crippen LogP contribution in [0.3, 0.4) is 0 Å². The molecule has 0 aromatic carbocycles. The molecule has 1 aliphatic heterocycles. The van der Waals surface area contributed by atoms with Crippen LogP contribution < -0.4 is 5.32 Å². The SMILES string of the molecule is CCCn1ncnc1CN1CC(C(C)C)NCC1CC. The van der Waals surface area contributed by atoms with Gasteiger partial charge in [-0.2, -0.15) is 5.10 Å². The van der Waals surface area contributed by atoms with Crippen molar-refractivity contribution in [2.24, 2.45) is 5.92 Å². The molecule has 1 aromatic heterocycles. The smallest absolute Gasteiger partial charge is 0.141 e. The fourth-order valence-corrected chi connectivity index (χ4v) is 2.92. The normalized spacial score (nSPS) is 24.4. The molecule has 2 atom stereocenters. The Morgan fingerprint density at radius 3 is 2.85 bits per heavy atom. The molecule has 0 spiro atoms. The van der Waals surface area contributed by atoms with Crippen LogP contribution in [0.5, 0.6) is 0 Å². The average Bonchev–Trinajstić information content (AvgIpc) is 2.86. The topological polar surface area (TPSA) is 46.0 Å². The van der Waals surface area contributed by atoms with E-state index in [1.807, 2.05) is 0 Å². The van der Waals surface area contributed by atoms with Crippen molar-refractivity contribution < 1.29 is 0 Å². The van der Waals surface area contributed by atoms with Gasteiger partial charge in [-0.1, -0.05) is 27.7 Å². The minimum absolute atomic E-state index is 0.584. The largest absolute Gasteiger partial charge is 0.311 e. The molecule has 1 saturated heterocycles. The summed E-state index contributed by atoms with van der Waals surface area (Å²) in [5.41, 5.74) is 0. The highest BCUT2D eigenvalue weighted by molar-refractivity contribution is 4.92. The third-order valence-electron chi connectivity index (χ3n) is 4.31. The van der Waals surface area contributed by atoms with Crippen molar-refractivity contribution in [3.63, 3.8) is 0 Å². The Morgan fingerprint density at radius 2 is 2.20 bits per heavy atom. The van der Waals surface area contributed by atoms with Crippen molar-refractivity contribution in [3.05, 3.63) is 12.2 Å². The Bertz CT molecular complexity index is 401. The van der Waals surface area contributed by atoms with Gasteiger partial charge >= 0.3 is 0 Å². The first-order chi connectivity index (χ1) is 9.65. The van der Waals surface area contributed by atoms with E-state index in [0.717, 1.165) is 38.4 Å². The molecule has 2 rings (SSSR count). The van der Waals surface area contributed by atoms with E-state index < -0.39 is 0 Å². The van der Waals surface area contributed by atoms with Gasteiger partial charge in [-0.15, -0.1) is 0 Å². The van der Waals surface area contributed by atoms with Gasteiger partial charge in [0.1, 0.15) is 12.2 Å². The summed E-state index contributed by atoms with van der Waals surface area (Å²) in [7, 11) is 0. The van der Waals surface area contributed by atoms with Crippen molar-refractivity contribution >= 4 is 0 Å². The molecule has 5 nitrogen and oxygen atoms in total. The lowest BCUT2D eigenvalue weighted by atomic mass is 9.98. The molecule has 1 N–H and O–H groups in total. The molecule has 0 aliphatic carbocycles. The van der Waals surface area contributed by atoms with Crippen molar-refractivity contribution in [1.29, 1.82) is 0 Å². The summed E-state index contributed by atoms with van der Waals surface area (Å²) in [5, 5.41) is 8.02. The highest BCUT2D eigenvalue weighted by atomic mass is 15.4. The van der Waals surface area contributed by atoms with Crippen LogP contribution in [0.2, 0.25) is 0 Å². The van der Waals surface area contributed by atoms with Gasteiger partial charge in [-0.25, -0.2) is 9.67 Å². The summed E-state index contributed by atoms with van der Waals surface area (Å²) < 4.78 is 2.05. The quantitative estimate of drug-likeness (QED) is 0.864. The number of hydrogen-bond donors (Lipinski definition) is 1. The summed E-state index contributed by atoms with van der Waals surface area (Å²) in [6.45, 7) is 13.1. The second-order valence-corrected chi connectivity index (χ2v) is 6.15. The Morgan fingerprint density at radius 1 is 1.40 bits per heavy atom. The monoisotopic (exact) mass is 279 g/mol. The van der Waals surface area contributed by atoms with E-state index in [-0.39, 0.29) is 0 Å². The second-order valence-electron chi connectivity index (χ2n) is 6.15. The van der Waals surface area contributed by atoms with Crippen LogP contribution in [0, 0.1) is 5.92 Å². The van der Waals surface area contributed by atoms with Crippen LogP contribution in [0.15, 0.2) is 6.33 Å². The van der Waals surface area contributed by atoms with Gasteiger partial charge in [-0.05, 0) is 18.8 Å². The first kappa shape index (κ1) is 15.4. The molecule has 0 radical (unpaired) electrons. The predicted molar refractivity (Wildman–Crippen MR) is 81.4 cm³/mol. The zero-order chi connectivity index (χ0) is 14.5. The van der Waals surface area contributed by atoms with Gasteiger partial charge in [0.15, 0.2) is 0 Å². The Hall–Kier alpha value is -0.940. The zero-order valence-corrected chi connectivity index (χ0v) is 13.3. The molecule has 20 heavy (non-hydrogen) atoms. The lowest BCUT2D eigenvalue weighted by Crippen LogP contribution is -2.57. The van der Waals surface area contributed by atoms with Crippen molar-refractivity contribution in [3.8, 4) is 0 Å². The summed E-state index contributed by atoms with van der Waals surface area (Å²) in [4.78, 5) is 7.04. The average molecular weight is 279 g/mol. The van der Waals surface area contributed by atoms with Gasteiger partial charge in [0.25, 0.3) is 0 Å². The molecule has 0 saturated carbocycles. The second kappa shape index (κ2) is 7.18. The van der Waals surface area contributed by atoms with Crippen LogP contribution in [-0.4, -0.2) is 44.8 Å². The Labute approximate surface area is 122 Å². The molecule has 0 bridgehead atoms. The van der Waals surface area contributed by atoms with E-state index >= 15 is 0 Å². The lowest BCUT2D eigenvalue weighted by Gasteiger charge is -2.41. The van der Waals surface area contributed by atoms with E-state index in [2.05, 4.69) is 52.7 Å². The van der Waals surface area contributed by atoms with Crippen molar-refractivity contribution in [2.75, 3.05) is 13.1 Å². The van der Waals surface area contributed by atoms with Gasteiger partial charge in [0.2, 0.25) is 0 Å². The fraction of sp³-hybridized carbons (Fsp3) is 0.867. The van der Waals surface area contributed by atoms with Crippen molar-refractivity contribution in [1.82, 2.24) is 25.0 Å². The molecule has 114 valence electrons. The van der Waals surface area contributed by atoms with Gasteiger partial charge in [0.05, 0.1) is 6.54 Å². The Kier molecular flexibility index (Phi) is 5.54. The number of nitrogens with one attached hydrogen (secondary N) is 1. The molecule has 2 heterocycles. The minimum Gasteiger partial charge on any atom is -0.311 e. The number of nitrogens with zero attached hydrogens (tertiary/aromatic N) is 4. The number of piperazine rings is 1. The van der Waals surface area contributed by atoms with Crippen LogP contribution >= 0.6 is 0 Å². The maximum atomic E-state index is 4.46. The molecule has 1 fully saturated rings. The molecule has 5 heteroatoms. The number of aryl methyl sites for hydroxylation is 1. The highest BCUT2D eigenvalue weighted by Crippen LogP contribution is 2.17. The fourth-order valence-electron chi connectivity index (χ4n) is 2.92. The third-order valence-corrected chi connectivity index (χ3v) is 4.31. The summed E-state index contributed by atoms with van der Waals surface area (Å²) >= 11 is 0. The summed E-state index contributed by atoms with van der Waals surface area (Å²) in [6, 6.07) is 1.19. The Balaban J connectivity index is 2.05. The highest BCUT2D eigenvalue weighted by Gasteiger charge is 2.29. The zero-order valence-electron chi connectivity index (χ0n) is 13.3. The molecule has 1 aliphatic rings. The maximum Gasteiger partial charge on any atom is 0.141 e. The van der Waals surface area contributed by atoms with Crippen LogP contribution in [0.4, 0.5) is 0 Å². The van der Waals surface area contributed by atoms with E-state index in [1.165, 1.54) is 6.42 Å². The summed E-state index contributed by atoms with van der Waals surface area (Å²) in [5.74, 6) is 1.78. The number of aromatic nitrogens is 3. The van der Waals surface area contributed by atoms with Gasteiger partial charge in [-0.3, -0.25) is 4.90 Å². The van der Waals surface area contributed by atoms with Crippen molar-refractivity contribution in [2.45, 2.75) is 65.7 Å². The van der Waals surface area contributed by atoms with Gasteiger partial charge in [0, 0.05) is 31.7 Å². The van der Waals surface area contributed by atoms with Crippen LogP contribution in [0.1, 0.15) is 46.4 Å². The van der Waals surface area contributed by atoms with E-state index in [1.54, 1.807) is 6.33 Å². The molecule has 0 amide bonds. The van der Waals surface area contributed by atoms with Crippen LogP contribution in [0.25, 0.3) is 0 Å². The number of rotatable bonds is 6. The standard InChI is InChI=1S/C15H29N5/c1-5-7-20-15(17-11-18-20)10-19-9-14(12(3)4)16-8-13(19)6-2/h11-14,16H,5-10H2,1-4H3. The first-order valence-corrected chi connectivity index (χ1v) is 7.99. The molecule has 1 aromatic rings. The molecular formula is C15H29N5. The predicted octanol–water partition coefficient (Wildman–Crippen LogP) is 1.90. The third kappa shape index (κ3) is 3.58. The van der Waals surface area contributed by atoms with E-state index in [4.69, 9.17) is 0 Å². The van der Waals surface area contributed by atoms with Crippen LogP contribution in [-0.2, 0) is 13.1 Å². The van der Waals surface area contributed by atoms with E-state index in [9.17, 15) is 0 Å². The molecule has 2 unspecified atom stereocenters. The lowest BCUT2D eigenvalue weighted by molar-refractivity contribution is 0.0988. The summed E-state index contributed by atoms with van der Waals surface area (Å²) in [6.07, 6.45) is 3.97. The number of hydrogen-bond acceptors (Lipinski definition) is 4.